The highest BCUT2D eigenvalue weighted by Crippen LogP contribution is 2.38. The molecule has 0 atom stereocenters. The summed E-state index contributed by atoms with van der Waals surface area (Å²) in [6, 6.07) is 9.77. The molecule has 29 heavy (non-hydrogen) atoms. The van der Waals surface area contributed by atoms with Crippen molar-refractivity contribution in [3.8, 4) is 11.5 Å². The van der Waals surface area contributed by atoms with Crippen LogP contribution < -0.4 is 20.1 Å². The van der Waals surface area contributed by atoms with Crippen molar-refractivity contribution in [2.75, 3.05) is 19.0 Å². The van der Waals surface area contributed by atoms with E-state index in [-0.39, 0.29) is 28.0 Å². The third-order valence-corrected chi connectivity index (χ3v) is 5.01. The van der Waals surface area contributed by atoms with Crippen LogP contribution in [0.15, 0.2) is 41.3 Å². The number of hydrogen-bond acceptors (Lipinski definition) is 6. The molecule has 7 nitrogen and oxygen atoms in total. The molecule has 0 saturated carbocycles. The monoisotopic (exact) mass is 452 g/mol. The van der Waals surface area contributed by atoms with E-state index < -0.39 is 17.1 Å². The zero-order chi connectivity index (χ0) is 21.0. The summed E-state index contributed by atoms with van der Waals surface area (Å²) in [5.74, 6) is -0.413. The highest BCUT2D eigenvalue weighted by atomic mass is 35.5. The summed E-state index contributed by atoms with van der Waals surface area (Å²) < 4.78 is 10.8. The van der Waals surface area contributed by atoms with Crippen LogP contribution in [0.2, 0.25) is 10.0 Å². The lowest BCUT2D eigenvalue weighted by atomic mass is 10.2. The average Bonchev–Trinajstić information content (AvgIpc) is 2.99. The second-order valence-electron chi connectivity index (χ2n) is 5.73. The van der Waals surface area contributed by atoms with Gasteiger partial charge in [-0.1, -0.05) is 23.2 Å². The third kappa shape index (κ3) is 5.44. The van der Waals surface area contributed by atoms with Gasteiger partial charge >= 0.3 is 0 Å². The molecule has 3 amide bonds. The van der Waals surface area contributed by atoms with Crippen molar-refractivity contribution in [2.45, 2.75) is 0 Å². The Morgan fingerprint density at radius 1 is 1.21 bits per heavy atom. The first kappa shape index (κ1) is 21.0. The normalized spacial score (nSPS) is 14.7. The number of carbonyl (C=O) groups excluding carboxylic acids is 3. The number of ether oxygens (including phenoxy) is 2. The van der Waals surface area contributed by atoms with Gasteiger partial charge < -0.3 is 14.8 Å². The van der Waals surface area contributed by atoms with Gasteiger partial charge in [-0.2, -0.15) is 0 Å². The summed E-state index contributed by atoms with van der Waals surface area (Å²) in [5, 5.41) is 5.15. The van der Waals surface area contributed by atoms with Gasteiger partial charge in [-0.25, -0.2) is 0 Å². The van der Waals surface area contributed by atoms with Crippen LogP contribution in [0.5, 0.6) is 11.5 Å². The summed E-state index contributed by atoms with van der Waals surface area (Å²) in [6.45, 7) is -0.300. The molecule has 1 aliphatic rings. The Labute approximate surface area is 180 Å². The number of halogens is 2. The Kier molecular flexibility index (Phi) is 6.68. The second-order valence-corrected chi connectivity index (χ2v) is 7.59. The van der Waals surface area contributed by atoms with Crippen LogP contribution in [0.25, 0.3) is 6.08 Å². The van der Waals surface area contributed by atoms with Crippen LogP contribution >= 0.6 is 35.0 Å². The van der Waals surface area contributed by atoms with Crippen molar-refractivity contribution in [3.05, 3.63) is 56.9 Å². The molecule has 3 rings (SSSR count). The molecule has 1 heterocycles. The first-order chi connectivity index (χ1) is 13.9. The topological polar surface area (TPSA) is 93.7 Å². The zero-order valence-electron chi connectivity index (χ0n) is 15.0. The van der Waals surface area contributed by atoms with Crippen LogP contribution in [-0.4, -0.2) is 30.8 Å². The van der Waals surface area contributed by atoms with Gasteiger partial charge in [-0.3, -0.25) is 19.7 Å². The van der Waals surface area contributed by atoms with E-state index in [4.69, 9.17) is 32.7 Å². The molecule has 1 aliphatic heterocycles. The maximum atomic E-state index is 12.1. The maximum absolute atomic E-state index is 12.1. The number of thioether (sulfide) groups is 1. The Bertz CT molecular complexity index is 1010. The molecule has 0 aliphatic carbocycles. The number of hydrogen-bond donors (Lipinski definition) is 2. The van der Waals surface area contributed by atoms with Crippen molar-refractivity contribution in [3.63, 3.8) is 0 Å². The predicted molar refractivity (Wildman–Crippen MR) is 113 cm³/mol. The van der Waals surface area contributed by atoms with E-state index in [1.54, 1.807) is 36.4 Å². The lowest BCUT2D eigenvalue weighted by Gasteiger charge is -2.13. The van der Waals surface area contributed by atoms with Gasteiger partial charge in [-0.15, -0.1) is 0 Å². The third-order valence-electron chi connectivity index (χ3n) is 3.67. The summed E-state index contributed by atoms with van der Waals surface area (Å²) in [7, 11) is 1.42. The summed E-state index contributed by atoms with van der Waals surface area (Å²) in [4.78, 5) is 35.3. The molecule has 1 fully saturated rings. The van der Waals surface area contributed by atoms with Crippen LogP contribution in [0.3, 0.4) is 0 Å². The highest BCUT2D eigenvalue weighted by molar-refractivity contribution is 8.18. The quantitative estimate of drug-likeness (QED) is 0.632. The molecule has 0 radical (unpaired) electrons. The van der Waals surface area contributed by atoms with E-state index in [0.717, 1.165) is 11.8 Å². The minimum absolute atomic E-state index is 0.183. The van der Waals surface area contributed by atoms with Gasteiger partial charge in [0.1, 0.15) is 0 Å². The van der Waals surface area contributed by atoms with Gasteiger partial charge in [0.2, 0.25) is 0 Å². The average molecular weight is 453 g/mol. The van der Waals surface area contributed by atoms with Crippen molar-refractivity contribution in [1.82, 2.24) is 5.32 Å². The predicted octanol–water partition coefficient (Wildman–Crippen LogP) is 4.34. The molecule has 10 heteroatoms. The minimum Gasteiger partial charge on any atom is -0.493 e. The Hall–Kier alpha value is -2.68. The van der Waals surface area contributed by atoms with E-state index in [1.165, 1.54) is 13.2 Å². The summed E-state index contributed by atoms with van der Waals surface area (Å²) in [5.41, 5.74) is 1.11. The van der Waals surface area contributed by atoms with E-state index in [0.29, 0.717) is 16.3 Å². The fourth-order valence-corrected chi connectivity index (χ4v) is 3.49. The molecule has 2 aromatic carbocycles. The van der Waals surface area contributed by atoms with Crippen molar-refractivity contribution >= 4 is 63.8 Å². The smallest absolute Gasteiger partial charge is 0.290 e. The minimum atomic E-state index is -0.478. The Morgan fingerprint density at radius 2 is 1.93 bits per heavy atom. The van der Waals surface area contributed by atoms with Gasteiger partial charge in [-0.05, 0) is 59.8 Å². The van der Waals surface area contributed by atoms with Crippen molar-refractivity contribution in [1.29, 1.82) is 0 Å². The van der Waals surface area contributed by atoms with E-state index >= 15 is 0 Å². The Balaban J connectivity index is 1.71. The molecule has 0 bridgehead atoms. The van der Waals surface area contributed by atoms with Crippen LogP contribution in [0.1, 0.15) is 5.56 Å². The van der Waals surface area contributed by atoms with E-state index in [9.17, 15) is 14.4 Å². The molecule has 2 N–H and O–H groups in total. The molecular formula is C19H14Cl2N2O5S. The second kappa shape index (κ2) is 9.21. The first-order valence-corrected chi connectivity index (χ1v) is 9.73. The van der Waals surface area contributed by atoms with Crippen LogP contribution in [-0.2, 0) is 9.59 Å². The number of imide groups is 1. The van der Waals surface area contributed by atoms with Crippen molar-refractivity contribution < 1.29 is 23.9 Å². The number of carbonyl (C=O) groups is 3. The number of methoxy groups -OCH3 is 1. The fraction of sp³-hybridized carbons (Fsp3) is 0.105. The highest BCUT2D eigenvalue weighted by Gasteiger charge is 2.25. The molecule has 1 saturated heterocycles. The van der Waals surface area contributed by atoms with Crippen molar-refractivity contribution in [2.24, 2.45) is 0 Å². The number of benzene rings is 2. The van der Waals surface area contributed by atoms with Gasteiger partial charge in [0.15, 0.2) is 18.1 Å². The standard InChI is InChI=1S/C19H14Cl2N2O5S/c1-27-14-7-10(8-15-18(25)23-19(26)29-15)6-13(21)17(14)28-9-16(24)22-12-4-2-11(20)3-5-12/h2-8H,9H2,1H3,(H,22,24)(H,23,25,26)/b15-8-. The lowest BCUT2D eigenvalue weighted by molar-refractivity contribution is -0.118. The lowest BCUT2D eigenvalue weighted by Crippen LogP contribution is -2.20. The number of rotatable bonds is 6. The molecule has 0 unspecified atom stereocenters. The molecule has 150 valence electrons. The van der Waals surface area contributed by atoms with Gasteiger partial charge in [0.05, 0.1) is 17.0 Å². The van der Waals surface area contributed by atoms with E-state index in [1.807, 2.05) is 0 Å². The first-order valence-electron chi connectivity index (χ1n) is 8.16. The zero-order valence-corrected chi connectivity index (χ0v) is 17.3. The SMILES string of the molecule is COc1cc(/C=C2\SC(=O)NC2=O)cc(Cl)c1OCC(=O)Nc1ccc(Cl)cc1. The summed E-state index contributed by atoms with van der Waals surface area (Å²) >= 11 is 12.9. The van der Waals surface area contributed by atoms with Gasteiger partial charge in [0.25, 0.3) is 17.1 Å². The fourth-order valence-electron chi connectivity index (χ4n) is 2.40. The number of amides is 3. The van der Waals surface area contributed by atoms with Gasteiger partial charge in [0, 0.05) is 10.7 Å². The molecule has 0 spiro atoms. The molecular weight excluding hydrogens is 439 g/mol. The number of nitrogens with one attached hydrogen (secondary N) is 2. The molecule has 0 aromatic heterocycles. The summed E-state index contributed by atoms with van der Waals surface area (Å²) in [6.07, 6.45) is 1.51. The van der Waals surface area contributed by atoms with Crippen LogP contribution in [0, 0.1) is 0 Å². The van der Waals surface area contributed by atoms with E-state index in [2.05, 4.69) is 10.6 Å². The maximum Gasteiger partial charge on any atom is 0.290 e. The Morgan fingerprint density at radius 3 is 2.55 bits per heavy atom. The largest absolute Gasteiger partial charge is 0.493 e. The molecule has 2 aromatic rings. The number of anilines is 1. The van der Waals surface area contributed by atoms with Crippen LogP contribution in [0.4, 0.5) is 10.5 Å².